The maximum Gasteiger partial charge on any atom is 0.331 e. The van der Waals surface area contributed by atoms with E-state index in [0.29, 0.717) is 16.0 Å². The van der Waals surface area contributed by atoms with E-state index in [-0.39, 0.29) is 24.6 Å². The number of rotatable bonds is 5. The first-order valence-electron chi connectivity index (χ1n) is 9.64. The van der Waals surface area contributed by atoms with E-state index in [1.165, 1.54) is 15.9 Å². The van der Waals surface area contributed by atoms with Gasteiger partial charge in [0.25, 0.3) is 5.56 Å². The Morgan fingerprint density at radius 1 is 1.10 bits per heavy atom. The molecule has 158 valence electrons. The third kappa shape index (κ3) is 4.11. The minimum absolute atomic E-state index is 0.216. The fourth-order valence-corrected chi connectivity index (χ4v) is 4.55. The molecule has 4 rings (SSSR count). The van der Waals surface area contributed by atoms with E-state index >= 15 is 0 Å². The Morgan fingerprint density at radius 2 is 1.81 bits per heavy atom. The van der Waals surface area contributed by atoms with E-state index < -0.39 is 5.69 Å². The zero-order valence-electron chi connectivity index (χ0n) is 16.9. The molecule has 7 nitrogen and oxygen atoms in total. The number of hydrogen-bond donors (Lipinski definition) is 1. The van der Waals surface area contributed by atoms with Crippen molar-refractivity contribution in [2.24, 2.45) is 0 Å². The average molecular weight is 499 g/mol. The standard InChI is InChI=1S/C22H19BrN4O3S/c1-3-26-20(29)16-6-4-5-7-17(16)27(22(26)30)12-18(28)24-21-25-19(13(2)31-21)14-8-10-15(23)11-9-14/h4-11H,3,12H2,1-2H3,(H,24,25,28). The van der Waals surface area contributed by atoms with Crippen LogP contribution < -0.4 is 16.6 Å². The smallest absolute Gasteiger partial charge is 0.300 e. The third-order valence-electron chi connectivity index (χ3n) is 4.91. The molecule has 2 aromatic carbocycles. The number of amides is 1. The van der Waals surface area contributed by atoms with Crippen molar-refractivity contribution in [3.05, 3.63) is 78.7 Å². The molecule has 2 heterocycles. The molecule has 2 aromatic heterocycles. The number of nitrogens with zero attached hydrogens (tertiary/aromatic N) is 3. The molecule has 1 amide bonds. The molecule has 0 saturated heterocycles. The lowest BCUT2D eigenvalue weighted by atomic mass is 10.1. The monoisotopic (exact) mass is 498 g/mol. The van der Waals surface area contributed by atoms with Crippen LogP contribution in [0.4, 0.5) is 5.13 Å². The first-order valence-corrected chi connectivity index (χ1v) is 11.3. The summed E-state index contributed by atoms with van der Waals surface area (Å²) in [4.78, 5) is 43.7. The SMILES string of the molecule is CCn1c(=O)c2ccccc2n(CC(=O)Nc2nc(-c3ccc(Br)cc3)c(C)s2)c1=O. The predicted molar refractivity (Wildman–Crippen MR) is 127 cm³/mol. The van der Waals surface area contributed by atoms with Crippen LogP contribution in [0, 0.1) is 6.92 Å². The highest BCUT2D eigenvalue weighted by Gasteiger charge is 2.16. The Hall–Kier alpha value is -3.04. The zero-order valence-corrected chi connectivity index (χ0v) is 19.3. The summed E-state index contributed by atoms with van der Waals surface area (Å²) >= 11 is 4.79. The lowest BCUT2D eigenvalue weighted by molar-refractivity contribution is -0.116. The molecule has 0 aliphatic rings. The fourth-order valence-electron chi connectivity index (χ4n) is 3.43. The molecule has 0 unspecified atom stereocenters. The second-order valence-electron chi connectivity index (χ2n) is 6.91. The van der Waals surface area contributed by atoms with Gasteiger partial charge in [0.05, 0.1) is 16.6 Å². The number of thiazole rings is 1. The van der Waals surface area contributed by atoms with Gasteiger partial charge >= 0.3 is 5.69 Å². The summed E-state index contributed by atoms with van der Waals surface area (Å²) in [5.41, 5.74) is 1.33. The lowest BCUT2D eigenvalue weighted by Gasteiger charge is -2.12. The number of halogens is 1. The van der Waals surface area contributed by atoms with E-state index in [0.717, 1.165) is 25.2 Å². The lowest BCUT2D eigenvalue weighted by Crippen LogP contribution is -2.41. The molecular formula is C22H19BrN4O3S. The van der Waals surface area contributed by atoms with Gasteiger partial charge in [0.2, 0.25) is 5.91 Å². The topological polar surface area (TPSA) is 86.0 Å². The minimum atomic E-state index is -0.507. The first kappa shape index (κ1) is 21.2. The van der Waals surface area contributed by atoms with Gasteiger partial charge in [-0.1, -0.05) is 40.2 Å². The molecule has 0 fully saturated rings. The summed E-state index contributed by atoms with van der Waals surface area (Å²) in [5.74, 6) is -0.385. The second-order valence-corrected chi connectivity index (χ2v) is 9.03. The Balaban J connectivity index is 1.64. The molecule has 31 heavy (non-hydrogen) atoms. The summed E-state index contributed by atoms with van der Waals surface area (Å²) < 4.78 is 3.43. The number of aromatic nitrogens is 3. The van der Waals surface area contributed by atoms with Crippen LogP contribution in [0.5, 0.6) is 0 Å². The van der Waals surface area contributed by atoms with Crippen molar-refractivity contribution >= 4 is 49.2 Å². The van der Waals surface area contributed by atoms with Gasteiger partial charge in [-0.15, -0.1) is 11.3 Å². The van der Waals surface area contributed by atoms with Crippen LogP contribution in [-0.2, 0) is 17.9 Å². The van der Waals surface area contributed by atoms with E-state index in [9.17, 15) is 14.4 Å². The number of hydrogen-bond acceptors (Lipinski definition) is 5. The highest BCUT2D eigenvalue weighted by molar-refractivity contribution is 9.10. The second kappa shape index (κ2) is 8.60. The van der Waals surface area contributed by atoms with Crippen LogP contribution >= 0.6 is 27.3 Å². The summed E-state index contributed by atoms with van der Waals surface area (Å²) in [7, 11) is 0. The van der Waals surface area contributed by atoms with Crippen molar-refractivity contribution < 1.29 is 4.79 Å². The van der Waals surface area contributed by atoms with Crippen LogP contribution in [-0.4, -0.2) is 20.0 Å². The van der Waals surface area contributed by atoms with Gasteiger partial charge < -0.3 is 5.32 Å². The number of aryl methyl sites for hydroxylation is 1. The van der Waals surface area contributed by atoms with Crippen molar-refractivity contribution in [1.82, 2.24) is 14.1 Å². The summed E-state index contributed by atoms with van der Waals surface area (Å²) in [6, 6.07) is 14.6. The summed E-state index contributed by atoms with van der Waals surface area (Å²) in [6.07, 6.45) is 0. The van der Waals surface area contributed by atoms with Gasteiger partial charge in [0.1, 0.15) is 6.54 Å². The van der Waals surface area contributed by atoms with Crippen LogP contribution in [0.15, 0.2) is 62.6 Å². The number of carbonyl (C=O) groups is 1. The van der Waals surface area contributed by atoms with E-state index in [1.807, 2.05) is 31.2 Å². The Bertz CT molecular complexity index is 1400. The molecule has 0 saturated carbocycles. The molecule has 9 heteroatoms. The van der Waals surface area contributed by atoms with Gasteiger partial charge in [0, 0.05) is 21.5 Å². The summed E-state index contributed by atoms with van der Waals surface area (Å²) in [5, 5.41) is 3.65. The van der Waals surface area contributed by atoms with Crippen LogP contribution in [0.2, 0.25) is 0 Å². The summed E-state index contributed by atoms with van der Waals surface area (Å²) in [6.45, 7) is 3.68. The van der Waals surface area contributed by atoms with Crippen LogP contribution in [0.25, 0.3) is 22.2 Å². The molecule has 4 aromatic rings. The maximum atomic E-state index is 12.8. The highest BCUT2D eigenvalue weighted by atomic mass is 79.9. The average Bonchev–Trinajstić information content (AvgIpc) is 3.12. The molecule has 0 bridgehead atoms. The third-order valence-corrected chi connectivity index (χ3v) is 6.33. The van der Waals surface area contributed by atoms with Gasteiger partial charge in [0.15, 0.2) is 5.13 Å². The van der Waals surface area contributed by atoms with E-state index in [4.69, 9.17) is 0 Å². The maximum absolute atomic E-state index is 12.8. The molecule has 0 aliphatic carbocycles. The molecule has 0 spiro atoms. The molecular weight excluding hydrogens is 480 g/mol. The van der Waals surface area contributed by atoms with Gasteiger partial charge in [-0.25, -0.2) is 9.78 Å². The number of carbonyl (C=O) groups excluding carboxylic acids is 1. The zero-order chi connectivity index (χ0) is 22.1. The van der Waals surface area contributed by atoms with Crippen molar-refractivity contribution in [2.75, 3.05) is 5.32 Å². The van der Waals surface area contributed by atoms with Crippen molar-refractivity contribution in [3.8, 4) is 11.3 Å². The molecule has 0 aliphatic heterocycles. The van der Waals surface area contributed by atoms with Crippen LogP contribution in [0.1, 0.15) is 11.8 Å². The van der Waals surface area contributed by atoms with E-state index in [1.54, 1.807) is 31.2 Å². The Labute approximate surface area is 190 Å². The number of fused-ring (bicyclic) bond motifs is 1. The van der Waals surface area contributed by atoms with Crippen molar-refractivity contribution in [2.45, 2.75) is 26.9 Å². The number of nitrogens with one attached hydrogen (secondary N) is 1. The van der Waals surface area contributed by atoms with Gasteiger partial charge in [-0.2, -0.15) is 0 Å². The Kier molecular flexibility index (Phi) is 5.88. The molecule has 1 N–H and O–H groups in total. The van der Waals surface area contributed by atoms with Crippen LogP contribution in [0.3, 0.4) is 0 Å². The van der Waals surface area contributed by atoms with Gasteiger partial charge in [-0.05, 0) is 38.1 Å². The van der Waals surface area contributed by atoms with Gasteiger partial charge in [-0.3, -0.25) is 18.7 Å². The van der Waals surface area contributed by atoms with Crippen molar-refractivity contribution in [1.29, 1.82) is 0 Å². The largest absolute Gasteiger partial charge is 0.331 e. The Morgan fingerprint density at radius 3 is 2.52 bits per heavy atom. The number of benzene rings is 2. The number of para-hydroxylation sites is 1. The fraction of sp³-hybridized carbons (Fsp3) is 0.182. The first-order chi connectivity index (χ1) is 14.9. The predicted octanol–water partition coefficient (Wildman–Crippen LogP) is 4.02. The molecule has 0 radical (unpaired) electrons. The van der Waals surface area contributed by atoms with E-state index in [2.05, 4.69) is 26.2 Å². The molecule has 0 atom stereocenters. The minimum Gasteiger partial charge on any atom is -0.300 e. The number of anilines is 1. The van der Waals surface area contributed by atoms with Crippen molar-refractivity contribution in [3.63, 3.8) is 0 Å². The quantitative estimate of drug-likeness (QED) is 0.450. The highest BCUT2D eigenvalue weighted by Crippen LogP contribution is 2.31. The normalized spacial score (nSPS) is 11.1.